The van der Waals surface area contributed by atoms with Crippen LogP contribution >= 0.6 is 0 Å². The van der Waals surface area contributed by atoms with Gasteiger partial charge < -0.3 is 15.7 Å². The number of amides is 1. The monoisotopic (exact) mass is 230 g/mol. The van der Waals surface area contributed by atoms with Gasteiger partial charge in [0.25, 0.3) is 0 Å². The molecular weight excluding hydrogens is 208 g/mol. The first kappa shape index (κ1) is 14.9. The van der Waals surface area contributed by atoms with Crippen LogP contribution in [-0.4, -0.2) is 40.5 Å². The van der Waals surface area contributed by atoms with Crippen molar-refractivity contribution in [3.05, 3.63) is 0 Å². The van der Waals surface area contributed by atoms with Crippen LogP contribution in [0.4, 0.5) is 0 Å². The van der Waals surface area contributed by atoms with Gasteiger partial charge in [0.2, 0.25) is 5.91 Å². The van der Waals surface area contributed by atoms with Crippen molar-refractivity contribution in [1.82, 2.24) is 4.90 Å². The molecular formula is C11H22N2O3. The largest absolute Gasteiger partial charge is 0.481 e. The third-order valence-corrected chi connectivity index (χ3v) is 2.65. The van der Waals surface area contributed by atoms with Crippen molar-refractivity contribution in [3.8, 4) is 0 Å². The summed E-state index contributed by atoms with van der Waals surface area (Å²) in [7, 11) is 0. The smallest absolute Gasteiger partial charge is 0.305 e. The van der Waals surface area contributed by atoms with Crippen LogP contribution in [0.5, 0.6) is 0 Å². The van der Waals surface area contributed by atoms with E-state index in [9.17, 15) is 9.59 Å². The molecule has 0 aliphatic heterocycles. The number of carbonyl (C=O) groups is 2. The summed E-state index contributed by atoms with van der Waals surface area (Å²) >= 11 is 0. The molecule has 0 aromatic heterocycles. The maximum Gasteiger partial charge on any atom is 0.305 e. The Hall–Kier alpha value is -1.10. The average molecular weight is 230 g/mol. The molecule has 0 aromatic rings. The average Bonchev–Trinajstić information content (AvgIpc) is 2.15. The highest BCUT2D eigenvalue weighted by Gasteiger charge is 2.25. The number of carbonyl (C=O) groups excluding carboxylic acids is 1. The number of nitrogens with two attached hydrogens (primary N) is 1. The minimum absolute atomic E-state index is 0.00644. The highest BCUT2D eigenvalue weighted by atomic mass is 16.4. The van der Waals surface area contributed by atoms with E-state index in [-0.39, 0.29) is 36.9 Å². The maximum absolute atomic E-state index is 12.0. The van der Waals surface area contributed by atoms with Crippen molar-refractivity contribution >= 4 is 11.9 Å². The van der Waals surface area contributed by atoms with E-state index in [1.165, 1.54) is 0 Å². The molecule has 0 fully saturated rings. The van der Waals surface area contributed by atoms with E-state index in [2.05, 4.69) is 0 Å². The van der Waals surface area contributed by atoms with Crippen molar-refractivity contribution in [2.75, 3.05) is 6.54 Å². The summed E-state index contributed by atoms with van der Waals surface area (Å²) in [5, 5.41) is 8.61. The Labute approximate surface area is 96.6 Å². The first-order valence-electron chi connectivity index (χ1n) is 5.55. The van der Waals surface area contributed by atoms with Gasteiger partial charge in [-0.2, -0.15) is 0 Å². The lowest BCUT2D eigenvalue weighted by Crippen LogP contribution is -2.45. The maximum atomic E-state index is 12.0. The van der Waals surface area contributed by atoms with Crippen molar-refractivity contribution < 1.29 is 14.7 Å². The van der Waals surface area contributed by atoms with Gasteiger partial charge in [-0.15, -0.1) is 0 Å². The van der Waals surface area contributed by atoms with Crippen molar-refractivity contribution in [1.29, 1.82) is 0 Å². The molecule has 2 atom stereocenters. The van der Waals surface area contributed by atoms with Gasteiger partial charge in [0.1, 0.15) is 0 Å². The standard InChI is InChI=1S/C11H22N2O3/c1-7(2)13(6-5-10(14)15)11(16)8(3)9(4)12/h7-9H,5-6,12H2,1-4H3,(H,14,15). The molecule has 0 spiro atoms. The Morgan fingerprint density at radius 2 is 1.75 bits per heavy atom. The summed E-state index contributed by atoms with van der Waals surface area (Å²) < 4.78 is 0. The lowest BCUT2D eigenvalue weighted by molar-refractivity contribution is -0.140. The summed E-state index contributed by atoms with van der Waals surface area (Å²) in [6.07, 6.45) is -0.0322. The number of carboxylic acids is 1. The zero-order valence-electron chi connectivity index (χ0n) is 10.4. The van der Waals surface area contributed by atoms with Gasteiger partial charge >= 0.3 is 5.97 Å². The molecule has 5 nitrogen and oxygen atoms in total. The molecule has 0 rings (SSSR count). The lowest BCUT2D eigenvalue weighted by atomic mass is 10.0. The lowest BCUT2D eigenvalue weighted by Gasteiger charge is -2.30. The Bertz CT molecular complexity index is 252. The predicted molar refractivity (Wildman–Crippen MR) is 61.9 cm³/mol. The number of nitrogens with zero attached hydrogens (tertiary/aromatic N) is 1. The molecule has 1 amide bonds. The predicted octanol–water partition coefficient (Wildman–Crippen LogP) is 0.681. The molecule has 2 unspecified atom stereocenters. The molecule has 16 heavy (non-hydrogen) atoms. The van der Waals surface area contributed by atoms with Gasteiger partial charge in [-0.3, -0.25) is 9.59 Å². The Morgan fingerprint density at radius 1 is 1.25 bits per heavy atom. The van der Waals surface area contributed by atoms with Crippen molar-refractivity contribution in [2.24, 2.45) is 11.7 Å². The summed E-state index contributed by atoms with van der Waals surface area (Å²) in [6.45, 7) is 7.52. The van der Waals surface area contributed by atoms with Crippen LogP contribution in [0.25, 0.3) is 0 Å². The van der Waals surface area contributed by atoms with Gasteiger partial charge in [-0.25, -0.2) is 0 Å². The number of rotatable bonds is 6. The summed E-state index contributed by atoms with van der Waals surface area (Å²) in [5.41, 5.74) is 5.67. The van der Waals surface area contributed by atoms with E-state index < -0.39 is 5.97 Å². The minimum Gasteiger partial charge on any atom is -0.481 e. The number of hydrogen-bond donors (Lipinski definition) is 2. The fraction of sp³-hybridized carbons (Fsp3) is 0.818. The molecule has 0 bridgehead atoms. The van der Waals surface area contributed by atoms with Crippen LogP contribution < -0.4 is 5.73 Å². The molecule has 0 aliphatic rings. The molecule has 0 heterocycles. The van der Waals surface area contributed by atoms with E-state index >= 15 is 0 Å². The van der Waals surface area contributed by atoms with Crippen LogP contribution in [0.3, 0.4) is 0 Å². The second-order valence-corrected chi connectivity index (χ2v) is 4.42. The molecule has 0 aromatic carbocycles. The summed E-state index contributed by atoms with van der Waals surface area (Å²) in [5.74, 6) is -1.26. The molecule has 94 valence electrons. The summed E-state index contributed by atoms with van der Waals surface area (Å²) in [4.78, 5) is 24.1. The van der Waals surface area contributed by atoms with Crippen LogP contribution in [0.2, 0.25) is 0 Å². The van der Waals surface area contributed by atoms with Crippen LogP contribution in [0.15, 0.2) is 0 Å². The SMILES string of the molecule is CC(N)C(C)C(=O)N(CCC(=O)O)C(C)C. The van der Waals surface area contributed by atoms with Gasteiger partial charge in [0.05, 0.1) is 12.3 Å². The zero-order valence-corrected chi connectivity index (χ0v) is 10.4. The zero-order chi connectivity index (χ0) is 12.9. The van der Waals surface area contributed by atoms with Gasteiger partial charge in [0, 0.05) is 18.6 Å². The first-order valence-corrected chi connectivity index (χ1v) is 5.55. The second-order valence-electron chi connectivity index (χ2n) is 4.42. The van der Waals surface area contributed by atoms with Gasteiger partial charge in [-0.05, 0) is 20.8 Å². The normalized spacial score (nSPS) is 14.6. The van der Waals surface area contributed by atoms with Crippen LogP contribution in [-0.2, 0) is 9.59 Å². The highest BCUT2D eigenvalue weighted by molar-refractivity contribution is 5.80. The van der Waals surface area contributed by atoms with E-state index in [1.807, 2.05) is 13.8 Å². The molecule has 0 radical (unpaired) electrons. The topological polar surface area (TPSA) is 83.6 Å². The fourth-order valence-corrected chi connectivity index (χ4v) is 1.33. The van der Waals surface area contributed by atoms with Crippen molar-refractivity contribution in [3.63, 3.8) is 0 Å². The minimum atomic E-state index is -0.896. The third kappa shape index (κ3) is 4.61. The fourth-order valence-electron chi connectivity index (χ4n) is 1.33. The van der Waals surface area contributed by atoms with E-state index in [0.717, 1.165) is 0 Å². The Balaban J connectivity index is 4.53. The summed E-state index contributed by atoms with van der Waals surface area (Å²) in [6, 6.07) is -0.230. The van der Waals surface area contributed by atoms with Gasteiger partial charge in [-0.1, -0.05) is 6.92 Å². The number of carboxylic acid groups (broad SMARTS) is 1. The van der Waals surface area contributed by atoms with E-state index in [4.69, 9.17) is 10.8 Å². The van der Waals surface area contributed by atoms with Gasteiger partial charge in [0.15, 0.2) is 0 Å². The van der Waals surface area contributed by atoms with Crippen LogP contribution in [0, 0.1) is 5.92 Å². The molecule has 5 heteroatoms. The number of hydrogen-bond acceptors (Lipinski definition) is 3. The molecule has 3 N–H and O–H groups in total. The van der Waals surface area contributed by atoms with E-state index in [0.29, 0.717) is 0 Å². The third-order valence-electron chi connectivity index (χ3n) is 2.65. The van der Waals surface area contributed by atoms with E-state index in [1.54, 1.807) is 18.7 Å². The Morgan fingerprint density at radius 3 is 2.06 bits per heavy atom. The second kappa shape index (κ2) is 6.48. The Kier molecular flexibility index (Phi) is 6.03. The molecule has 0 saturated heterocycles. The highest BCUT2D eigenvalue weighted by Crippen LogP contribution is 2.10. The van der Waals surface area contributed by atoms with Crippen LogP contribution in [0.1, 0.15) is 34.1 Å². The van der Waals surface area contributed by atoms with Crippen molar-refractivity contribution in [2.45, 2.75) is 46.2 Å². The quantitative estimate of drug-likeness (QED) is 0.703. The first-order chi connectivity index (χ1) is 7.27. The molecule has 0 saturated carbocycles. The number of aliphatic carboxylic acids is 1. The molecule has 0 aliphatic carbocycles.